The number of aryl methyl sites for hydroxylation is 1. The van der Waals surface area contributed by atoms with Crippen molar-refractivity contribution >= 4 is 48.4 Å². The molecular formula is C22H19F3N2O5S2. The number of ether oxygens (including phenoxy) is 1. The number of carboxylic acid groups (broad SMARTS) is 1. The van der Waals surface area contributed by atoms with E-state index in [2.05, 4.69) is 4.98 Å². The van der Waals surface area contributed by atoms with E-state index in [1.54, 1.807) is 13.0 Å². The quantitative estimate of drug-likeness (QED) is 0.382. The summed E-state index contributed by atoms with van der Waals surface area (Å²) in [7, 11) is -4.32. The van der Waals surface area contributed by atoms with Gasteiger partial charge in [0.15, 0.2) is 5.60 Å². The summed E-state index contributed by atoms with van der Waals surface area (Å²) in [5, 5.41) is 10.0. The Morgan fingerprint density at radius 3 is 2.53 bits per heavy atom. The van der Waals surface area contributed by atoms with Gasteiger partial charge in [-0.1, -0.05) is 6.07 Å². The average molecular weight is 513 g/mol. The molecular weight excluding hydrogens is 493 g/mol. The van der Waals surface area contributed by atoms with E-state index in [9.17, 15) is 31.5 Å². The summed E-state index contributed by atoms with van der Waals surface area (Å²) in [6, 6.07) is 8.60. The zero-order chi connectivity index (χ0) is 25.1. The van der Waals surface area contributed by atoms with Crippen LogP contribution < -0.4 is 0 Å². The predicted molar refractivity (Wildman–Crippen MR) is 120 cm³/mol. The number of hydrogen-bond donors (Lipinski definition) is 1. The highest BCUT2D eigenvalue weighted by Gasteiger charge is 2.33. The molecule has 7 nitrogen and oxygen atoms in total. The van der Waals surface area contributed by atoms with Crippen LogP contribution in [0.3, 0.4) is 0 Å². The average Bonchev–Trinajstić information content (AvgIpc) is 3.30. The van der Waals surface area contributed by atoms with Crippen molar-refractivity contribution in [3.8, 4) is 0 Å². The number of hydrogen-bond acceptors (Lipinski definition) is 6. The predicted octanol–water partition coefficient (Wildman–Crippen LogP) is 5.20. The van der Waals surface area contributed by atoms with Crippen LogP contribution in [0.4, 0.5) is 13.2 Å². The minimum absolute atomic E-state index is 0.0120. The van der Waals surface area contributed by atoms with Gasteiger partial charge in [0.2, 0.25) is 0 Å². The molecule has 34 heavy (non-hydrogen) atoms. The molecule has 0 aliphatic carbocycles. The van der Waals surface area contributed by atoms with E-state index >= 15 is 0 Å². The van der Waals surface area contributed by atoms with Crippen LogP contribution in [-0.4, -0.2) is 34.1 Å². The van der Waals surface area contributed by atoms with Crippen molar-refractivity contribution in [1.82, 2.24) is 8.96 Å². The van der Waals surface area contributed by atoms with Gasteiger partial charge < -0.3 is 9.84 Å². The molecule has 4 rings (SSSR count). The Morgan fingerprint density at radius 2 is 1.88 bits per heavy atom. The molecule has 0 aliphatic heterocycles. The van der Waals surface area contributed by atoms with Gasteiger partial charge in [0.1, 0.15) is 4.90 Å². The molecule has 0 bridgehead atoms. The van der Waals surface area contributed by atoms with E-state index < -0.39 is 39.9 Å². The van der Waals surface area contributed by atoms with E-state index in [1.807, 2.05) is 0 Å². The Bertz CT molecular complexity index is 1540. The monoisotopic (exact) mass is 512 g/mol. The summed E-state index contributed by atoms with van der Waals surface area (Å²) in [4.78, 5) is 15.7. The first-order valence-electron chi connectivity index (χ1n) is 9.92. The van der Waals surface area contributed by atoms with E-state index in [-0.39, 0.29) is 21.5 Å². The molecule has 0 spiro atoms. The molecule has 0 radical (unpaired) electrons. The molecule has 0 saturated heterocycles. The van der Waals surface area contributed by atoms with Crippen LogP contribution in [0.25, 0.3) is 21.1 Å². The van der Waals surface area contributed by atoms with Crippen LogP contribution in [0.2, 0.25) is 0 Å². The van der Waals surface area contributed by atoms with Crippen LogP contribution in [0, 0.1) is 6.92 Å². The lowest BCUT2D eigenvalue weighted by molar-refractivity contribution is -0.162. The van der Waals surface area contributed by atoms with Gasteiger partial charge in [-0.15, -0.1) is 11.3 Å². The van der Waals surface area contributed by atoms with E-state index in [4.69, 9.17) is 4.74 Å². The normalized spacial score (nSPS) is 13.1. The second-order valence-corrected chi connectivity index (χ2v) is 11.1. The molecule has 180 valence electrons. The Balaban J connectivity index is 1.95. The fourth-order valence-electron chi connectivity index (χ4n) is 3.46. The van der Waals surface area contributed by atoms with Crippen LogP contribution >= 0.6 is 11.3 Å². The lowest BCUT2D eigenvalue weighted by Crippen LogP contribution is -2.34. The minimum atomic E-state index is -4.62. The fraction of sp³-hybridized carbons (Fsp3) is 0.273. The number of nitrogens with zero attached hydrogens (tertiary/aromatic N) is 2. The molecule has 4 aromatic rings. The maximum Gasteiger partial charge on any atom is 0.416 e. The van der Waals surface area contributed by atoms with E-state index in [1.165, 1.54) is 43.4 Å². The molecule has 0 atom stereocenters. The zero-order valence-electron chi connectivity index (χ0n) is 18.2. The van der Waals surface area contributed by atoms with Crippen LogP contribution in [-0.2, 0) is 32.3 Å². The Labute approximate surface area is 196 Å². The first-order valence-corrected chi connectivity index (χ1v) is 12.2. The summed E-state index contributed by atoms with van der Waals surface area (Å²) in [6.07, 6.45) is -4.62. The summed E-state index contributed by atoms with van der Waals surface area (Å²) in [5.74, 6) is -1.28. The topological polar surface area (TPSA) is 98.5 Å². The van der Waals surface area contributed by atoms with Gasteiger partial charge in [0.05, 0.1) is 38.6 Å². The van der Waals surface area contributed by atoms with Gasteiger partial charge in [-0.25, -0.2) is 22.2 Å². The van der Waals surface area contributed by atoms with Crippen LogP contribution in [0.1, 0.15) is 30.1 Å². The molecule has 0 fully saturated rings. The molecule has 2 heterocycles. The number of thiazole rings is 1. The summed E-state index contributed by atoms with van der Waals surface area (Å²) >= 11 is 1.18. The lowest BCUT2D eigenvalue weighted by Gasteiger charge is -2.21. The lowest BCUT2D eigenvalue weighted by atomic mass is 10.1. The largest absolute Gasteiger partial charge is 0.479 e. The molecule has 1 N–H and O–H groups in total. The van der Waals surface area contributed by atoms with Crippen molar-refractivity contribution in [2.24, 2.45) is 0 Å². The standard InChI is InChI=1S/C22H19F3N2O5S2/c1-12-26-16-5-4-6-18(19(16)33-12)34(30,31)27-15(11-32-21(2,3)20(28)29)10-13-9-14(22(23,24)25)7-8-17(13)27/h4-10H,11H2,1-3H3,(H,28,29). The minimum Gasteiger partial charge on any atom is -0.479 e. The van der Waals surface area contributed by atoms with Crippen molar-refractivity contribution < 1.29 is 36.2 Å². The molecule has 12 heteroatoms. The second-order valence-electron chi connectivity index (χ2n) is 8.12. The first-order chi connectivity index (χ1) is 15.7. The van der Waals surface area contributed by atoms with Gasteiger partial charge in [0, 0.05) is 5.39 Å². The third-order valence-corrected chi connectivity index (χ3v) is 8.21. The fourth-order valence-corrected chi connectivity index (χ4v) is 6.35. The van der Waals surface area contributed by atoms with Gasteiger partial charge in [0.25, 0.3) is 10.0 Å². The third kappa shape index (κ3) is 4.17. The number of aromatic nitrogens is 2. The number of rotatable bonds is 6. The third-order valence-electron chi connectivity index (χ3n) is 5.26. The van der Waals surface area contributed by atoms with Crippen molar-refractivity contribution in [3.05, 3.63) is 58.7 Å². The van der Waals surface area contributed by atoms with Gasteiger partial charge in [-0.3, -0.25) is 0 Å². The highest BCUT2D eigenvalue weighted by atomic mass is 32.2. The first kappa shape index (κ1) is 24.2. The Hall–Kier alpha value is -2.96. The Morgan fingerprint density at radius 1 is 1.18 bits per heavy atom. The molecule has 0 amide bonds. The number of aliphatic carboxylic acids is 1. The van der Waals surface area contributed by atoms with Crippen molar-refractivity contribution in [2.75, 3.05) is 0 Å². The second kappa shape index (κ2) is 8.07. The molecule has 0 aliphatic rings. The van der Waals surface area contributed by atoms with Gasteiger partial charge in [-0.05, 0) is 57.2 Å². The van der Waals surface area contributed by atoms with Crippen LogP contribution in [0.5, 0.6) is 0 Å². The van der Waals surface area contributed by atoms with Crippen molar-refractivity contribution in [3.63, 3.8) is 0 Å². The van der Waals surface area contributed by atoms with Gasteiger partial charge in [-0.2, -0.15) is 13.2 Å². The summed E-state index contributed by atoms with van der Waals surface area (Å²) in [6.45, 7) is 3.85. The Kier molecular flexibility index (Phi) is 5.74. The maximum atomic E-state index is 13.8. The van der Waals surface area contributed by atoms with E-state index in [0.717, 1.165) is 22.2 Å². The van der Waals surface area contributed by atoms with Gasteiger partial charge >= 0.3 is 12.1 Å². The number of fused-ring (bicyclic) bond motifs is 2. The number of benzene rings is 2. The van der Waals surface area contributed by atoms with Crippen LogP contribution in [0.15, 0.2) is 47.4 Å². The maximum absolute atomic E-state index is 13.8. The molecule has 2 aromatic heterocycles. The summed E-state index contributed by atoms with van der Waals surface area (Å²) in [5.41, 5.74) is -2.12. The zero-order valence-corrected chi connectivity index (χ0v) is 19.8. The highest BCUT2D eigenvalue weighted by Crippen LogP contribution is 2.36. The van der Waals surface area contributed by atoms with Crippen molar-refractivity contribution in [1.29, 1.82) is 0 Å². The number of halogens is 3. The SMILES string of the molecule is Cc1nc2cccc(S(=O)(=O)n3c(COC(C)(C)C(=O)O)cc4cc(C(F)(F)F)ccc43)c2s1. The smallest absolute Gasteiger partial charge is 0.416 e. The summed E-state index contributed by atoms with van der Waals surface area (Å²) < 4.78 is 74.3. The van der Waals surface area contributed by atoms with E-state index in [0.29, 0.717) is 15.2 Å². The molecule has 0 saturated carbocycles. The number of carboxylic acids is 1. The number of carbonyl (C=O) groups is 1. The molecule has 2 aromatic carbocycles. The molecule has 0 unspecified atom stereocenters. The van der Waals surface area contributed by atoms with Crippen molar-refractivity contribution in [2.45, 2.75) is 44.1 Å². The number of alkyl halides is 3. The highest BCUT2D eigenvalue weighted by molar-refractivity contribution is 7.90.